The molecule has 80 valence electrons. The number of H-pyrrole nitrogens is 1. The Kier molecular flexibility index (Phi) is 2.16. The molecule has 1 aromatic carbocycles. The van der Waals surface area contributed by atoms with Gasteiger partial charge in [0.05, 0.1) is 25.7 Å². The van der Waals surface area contributed by atoms with Gasteiger partial charge in [-0.15, -0.1) is 0 Å². The van der Waals surface area contributed by atoms with E-state index in [0.29, 0.717) is 13.0 Å². The van der Waals surface area contributed by atoms with Crippen LogP contribution in [0.2, 0.25) is 0 Å². The van der Waals surface area contributed by atoms with Crippen LogP contribution in [0.1, 0.15) is 16.8 Å². The van der Waals surface area contributed by atoms with E-state index < -0.39 is 0 Å². The van der Waals surface area contributed by atoms with E-state index in [1.807, 2.05) is 6.07 Å². The lowest BCUT2D eigenvalue weighted by molar-refractivity contribution is 0.111. The minimum atomic E-state index is 0.469. The number of aromatic amines is 1. The molecule has 0 saturated carbocycles. The number of ether oxygens (including phenoxy) is 1. The zero-order valence-electron chi connectivity index (χ0n) is 8.92. The summed E-state index contributed by atoms with van der Waals surface area (Å²) in [5.41, 5.74) is 4.77. The minimum absolute atomic E-state index is 0.469. The Balaban J connectivity index is 2.18. The molecule has 1 aromatic heterocycles. The molecule has 0 amide bonds. The van der Waals surface area contributed by atoms with Gasteiger partial charge < -0.3 is 9.72 Å². The number of nitriles is 1. The van der Waals surface area contributed by atoms with E-state index in [1.54, 1.807) is 0 Å². The summed E-state index contributed by atoms with van der Waals surface area (Å²) < 4.78 is 5.48. The number of benzene rings is 1. The molecule has 16 heavy (non-hydrogen) atoms. The van der Waals surface area contributed by atoms with Gasteiger partial charge in [0.25, 0.3) is 0 Å². The molecule has 1 aliphatic rings. The Morgan fingerprint density at radius 1 is 1.44 bits per heavy atom. The van der Waals surface area contributed by atoms with Crippen LogP contribution in [0.3, 0.4) is 0 Å². The zero-order chi connectivity index (χ0) is 11.0. The number of rotatable bonds is 1. The Bertz CT molecular complexity index is 577. The number of aromatic nitrogens is 1. The lowest BCUT2D eigenvalue weighted by Gasteiger charge is -2.11. The fraction of sp³-hybridized carbons (Fsp3) is 0.308. The fourth-order valence-corrected chi connectivity index (χ4v) is 2.28. The topological polar surface area (TPSA) is 48.8 Å². The number of nitrogens with zero attached hydrogens (tertiary/aromatic N) is 1. The molecular formula is C13H12N2O. The monoisotopic (exact) mass is 212 g/mol. The quantitative estimate of drug-likeness (QED) is 0.788. The molecule has 2 aromatic rings. The first kappa shape index (κ1) is 9.44. The van der Waals surface area contributed by atoms with Crippen molar-refractivity contribution in [1.82, 2.24) is 4.98 Å². The maximum Gasteiger partial charge on any atom is 0.0740 e. The second-order valence-electron chi connectivity index (χ2n) is 4.10. The van der Waals surface area contributed by atoms with Crippen molar-refractivity contribution in [3.8, 4) is 6.07 Å². The van der Waals surface area contributed by atoms with Gasteiger partial charge in [-0.1, -0.05) is 6.07 Å². The highest BCUT2D eigenvalue weighted by Gasteiger charge is 2.15. The highest BCUT2D eigenvalue weighted by Crippen LogP contribution is 2.27. The molecular weight excluding hydrogens is 200 g/mol. The van der Waals surface area contributed by atoms with Crippen LogP contribution in [0.4, 0.5) is 0 Å². The van der Waals surface area contributed by atoms with Gasteiger partial charge in [-0.05, 0) is 17.7 Å². The number of hydrogen-bond acceptors (Lipinski definition) is 2. The summed E-state index contributed by atoms with van der Waals surface area (Å²) in [6, 6.07) is 8.34. The van der Waals surface area contributed by atoms with Crippen LogP contribution in [-0.2, 0) is 24.2 Å². The van der Waals surface area contributed by atoms with E-state index in [1.165, 1.54) is 16.6 Å². The van der Waals surface area contributed by atoms with E-state index >= 15 is 0 Å². The first-order valence-electron chi connectivity index (χ1n) is 5.45. The number of hydrogen-bond donors (Lipinski definition) is 1. The van der Waals surface area contributed by atoms with E-state index in [4.69, 9.17) is 10.00 Å². The Morgan fingerprint density at radius 3 is 3.25 bits per heavy atom. The van der Waals surface area contributed by atoms with Crippen LogP contribution in [0, 0.1) is 11.3 Å². The third-order valence-electron chi connectivity index (χ3n) is 3.08. The molecule has 0 unspecified atom stereocenters. The molecule has 0 spiro atoms. The third-order valence-corrected chi connectivity index (χ3v) is 3.08. The lowest BCUT2D eigenvalue weighted by Crippen LogP contribution is -2.08. The average molecular weight is 212 g/mol. The molecule has 0 saturated heterocycles. The van der Waals surface area contributed by atoms with E-state index in [0.717, 1.165) is 24.1 Å². The standard InChI is InChI=1S/C13H12N2O/c14-5-3-9-1-2-12-10(7-9)11-8-16-6-4-13(11)15-12/h1-2,7,15H,3-4,6,8H2. The van der Waals surface area contributed by atoms with E-state index in [-0.39, 0.29) is 0 Å². The van der Waals surface area contributed by atoms with Gasteiger partial charge in [-0.3, -0.25) is 0 Å². The highest BCUT2D eigenvalue weighted by molar-refractivity contribution is 5.85. The van der Waals surface area contributed by atoms with Gasteiger partial charge in [-0.25, -0.2) is 0 Å². The van der Waals surface area contributed by atoms with Crippen LogP contribution in [0.25, 0.3) is 10.9 Å². The molecule has 0 aliphatic carbocycles. The largest absolute Gasteiger partial charge is 0.376 e. The smallest absolute Gasteiger partial charge is 0.0740 e. The molecule has 0 radical (unpaired) electrons. The summed E-state index contributed by atoms with van der Waals surface area (Å²) in [6.45, 7) is 1.48. The highest BCUT2D eigenvalue weighted by atomic mass is 16.5. The van der Waals surface area contributed by atoms with E-state index in [2.05, 4.69) is 23.2 Å². The van der Waals surface area contributed by atoms with Crippen molar-refractivity contribution in [2.24, 2.45) is 0 Å². The van der Waals surface area contributed by atoms with Gasteiger partial charge in [-0.2, -0.15) is 5.26 Å². The Morgan fingerprint density at radius 2 is 2.38 bits per heavy atom. The van der Waals surface area contributed by atoms with Crippen molar-refractivity contribution in [3.63, 3.8) is 0 Å². The second kappa shape index (κ2) is 3.66. The first-order valence-corrected chi connectivity index (χ1v) is 5.45. The maximum absolute atomic E-state index is 8.70. The van der Waals surface area contributed by atoms with Gasteiger partial charge >= 0.3 is 0 Å². The Hall–Kier alpha value is -1.79. The van der Waals surface area contributed by atoms with Crippen molar-refractivity contribution in [2.75, 3.05) is 6.61 Å². The third kappa shape index (κ3) is 1.39. The normalized spacial score (nSPS) is 14.7. The molecule has 0 fully saturated rings. The van der Waals surface area contributed by atoms with Gasteiger partial charge in [0.2, 0.25) is 0 Å². The van der Waals surface area contributed by atoms with Crippen LogP contribution in [0.15, 0.2) is 18.2 Å². The van der Waals surface area contributed by atoms with Crippen LogP contribution in [-0.4, -0.2) is 11.6 Å². The molecule has 3 nitrogen and oxygen atoms in total. The number of fused-ring (bicyclic) bond motifs is 3. The summed E-state index contributed by atoms with van der Waals surface area (Å²) in [6.07, 6.45) is 1.42. The van der Waals surface area contributed by atoms with E-state index in [9.17, 15) is 0 Å². The molecule has 3 heteroatoms. The average Bonchev–Trinajstić information content (AvgIpc) is 2.68. The SMILES string of the molecule is N#CCc1ccc2[nH]c3c(c2c1)COCC3. The van der Waals surface area contributed by atoms with Crippen LogP contribution in [0.5, 0.6) is 0 Å². The minimum Gasteiger partial charge on any atom is -0.376 e. The summed E-state index contributed by atoms with van der Waals surface area (Å²) in [5.74, 6) is 0. The van der Waals surface area contributed by atoms with Crippen molar-refractivity contribution in [3.05, 3.63) is 35.0 Å². The Labute approximate surface area is 93.6 Å². The first-order chi connectivity index (χ1) is 7.88. The fourth-order valence-electron chi connectivity index (χ4n) is 2.28. The maximum atomic E-state index is 8.70. The molecule has 1 aliphatic heterocycles. The molecule has 1 N–H and O–H groups in total. The number of nitrogens with one attached hydrogen (secondary N) is 1. The summed E-state index contributed by atoms with van der Waals surface area (Å²) >= 11 is 0. The summed E-state index contributed by atoms with van der Waals surface area (Å²) in [7, 11) is 0. The van der Waals surface area contributed by atoms with Gasteiger partial charge in [0, 0.05) is 28.6 Å². The lowest BCUT2D eigenvalue weighted by atomic mass is 10.0. The van der Waals surface area contributed by atoms with Crippen molar-refractivity contribution >= 4 is 10.9 Å². The van der Waals surface area contributed by atoms with Crippen molar-refractivity contribution in [1.29, 1.82) is 5.26 Å². The van der Waals surface area contributed by atoms with Crippen LogP contribution < -0.4 is 0 Å². The molecule has 3 rings (SSSR count). The molecule has 2 heterocycles. The predicted molar refractivity (Wildman–Crippen MR) is 61.0 cm³/mol. The van der Waals surface area contributed by atoms with Gasteiger partial charge in [0.1, 0.15) is 0 Å². The van der Waals surface area contributed by atoms with Crippen molar-refractivity contribution < 1.29 is 4.74 Å². The summed E-state index contributed by atoms with van der Waals surface area (Å²) in [4.78, 5) is 3.42. The van der Waals surface area contributed by atoms with Crippen LogP contribution >= 0.6 is 0 Å². The van der Waals surface area contributed by atoms with Gasteiger partial charge in [0.15, 0.2) is 0 Å². The summed E-state index contributed by atoms with van der Waals surface area (Å²) in [5, 5.41) is 9.91. The second-order valence-corrected chi connectivity index (χ2v) is 4.10. The molecule has 0 atom stereocenters. The zero-order valence-corrected chi connectivity index (χ0v) is 8.92. The predicted octanol–water partition coefficient (Wildman–Crippen LogP) is 2.31. The molecule has 0 bridgehead atoms. The van der Waals surface area contributed by atoms with Crippen molar-refractivity contribution in [2.45, 2.75) is 19.4 Å².